The average molecular weight is 335 g/mol. The SMILES string of the molecule is c1ccc(C2(CNc3ccc4nnc([C@@H]5CCCO5)n4n3)CC2)cc1. The molecule has 0 spiro atoms. The number of nitrogens with zero attached hydrogens (tertiary/aromatic N) is 4. The number of fused-ring (bicyclic) bond motifs is 1. The molecule has 1 saturated heterocycles. The number of aromatic nitrogens is 4. The molecular weight excluding hydrogens is 314 g/mol. The molecule has 5 rings (SSSR count). The summed E-state index contributed by atoms with van der Waals surface area (Å²) in [6.45, 7) is 1.68. The van der Waals surface area contributed by atoms with Crippen LogP contribution < -0.4 is 5.32 Å². The predicted octanol–water partition coefficient (Wildman–Crippen LogP) is 3.12. The first-order chi connectivity index (χ1) is 12.3. The van der Waals surface area contributed by atoms with E-state index in [4.69, 9.17) is 9.84 Å². The first-order valence-corrected chi connectivity index (χ1v) is 8.97. The molecule has 0 radical (unpaired) electrons. The van der Waals surface area contributed by atoms with Crippen LogP contribution in [-0.4, -0.2) is 33.0 Å². The maximum atomic E-state index is 5.74. The number of ether oxygens (including phenoxy) is 1. The smallest absolute Gasteiger partial charge is 0.183 e. The van der Waals surface area contributed by atoms with Crippen LogP contribution in [0.5, 0.6) is 0 Å². The lowest BCUT2D eigenvalue weighted by Crippen LogP contribution is -2.20. The molecule has 2 aliphatic rings. The number of rotatable bonds is 5. The van der Waals surface area contributed by atoms with Gasteiger partial charge in [-0.15, -0.1) is 15.3 Å². The fourth-order valence-corrected chi connectivity index (χ4v) is 3.65. The number of hydrogen-bond donors (Lipinski definition) is 1. The first kappa shape index (κ1) is 14.8. The number of benzene rings is 1. The summed E-state index contributed by atoms with van der Waals surface area (Å²) in [6.07, 6.45) is 4.51. The van der Waals surface area contributed by atoms with E-state index in [0.717, 1.165) is 43.3 Å². The lowest BCUT2D eigenvalue weighted by atomic mass is 9.96. The Morgan fingerprint density at radius 2 is 2.00 bits per heavy atom. The van der Waals surface area contributed by atoms with Gasteiger partial charge >= 0.3 is 0 Å². The van der Waals surface area contributed by atoms with Gasteiger partial charge in [0.2, 0.25) is 0 Å². The molecule has 1 saturated carbocycles. The summed E-state index contributed by atoms with van der Waals surface area (Å²) >= 11 is 0. The van der Waals surface area contributed by atoms with Crippen LogP contribution in [0.4, 0.5) is 5.82 Å². The van der Waals surface area contributed by atoms with E-state index < -0.39 is 0 Å². The molecule has 128 valence electrons. The molecule has 3 heterocycles. The van der Waals surface area contributed by atoms with E-state index in [1.807, 2.05) is 16.6 Å². The van der Waals surface area contributed by atoms with Crippen molar-refractivity contribution in [2.24, 2.45) is 0 Å². The fourth-order valence-electron chi connectivity index (χ4n) is 3.65. The second-order valence-corrected chi connectivity index (χ2v) is 7.05. The zero-order valence-corrected chi connectivity index (χ0v) is 14.1. The zero-order chi connectivity index (χ0) is 16.7. The maximum absolute atomic E-state index is 5.74. The van der Waals surface area contributed by atoms with Gasteiger partial charge in [0.1, 0.15) is 11.9 Å². The molecule has 1 atom stereocenters. The minimum Gasteiger partial charge on any atom is -0.370 e. The van der Waals surface area contributed by atoms with Crippen LogP contribution in [-0.2, 0) is 10.2 Å². The summed E-state index contributed by atoms with van der Waals surface area (Å²) in [4.78, 5) is 0. The van der Waals surface area contributed by atoms with Gasteiger partial charge in [-0.05, 0) is 43.4 Å². The Labute approximate surface area is 146 Å². The second kappa shape index (κ2) is 5.81. The number of anilines is 1. The summed E-state index contributed by atoms with van der Waals surface area (Å²) in [5, 5.41) is 16.7. The summed E-state index contributed by atoms with van der Waals surface area (Å²) in [6, 6.07) is 14.7. The Balaban J connectivity index is 1.37. The third-order valence-electron chi connectivity index (χ3n) is 5.35. The summed E-state index contributed by atoms with van der Waals surface area (Å²) < 4.78 is 7.56. The molecule has 6 heteroatoms. The van der Waals surface area contributed by atoms with Gasteiger partial charge in [0.15, 0.2) is 11.5 Å². The summed E-state index contributed by atoms with van der Waals surface area (Å²) in [7, 11) is 0. The molecule has 1 aliphatic carbocycles. The van der Waals surface area contributed by atoms with Crippen molar-refractivity contribution < 1.29 is 4.74 Å². The molecule has 2 aromatic heterocycles. The van der Waals surface area contributed by atoms with Crippen LogP contribution in [0.2, 0.25) is 0 Å². The van der Waals surface area contributed by atoms with E-state index in [2.05, 4.69) is 45.8 Å². The molecule has 1 aliphatic heterocycles. The normalized spacial score (nSPS) is 21.5. The van der Waals surface area contributed by atoms with Gasteiger partial charge in [-0.25, -0.2) is 0 Å². The van der Waals surface area contributed by atoms with Crippen LogP contribution in [0.15, 0.2) is 42.5 Å². The van der Waals surface area contributed by atoms with Crippen molar-refractivity contribution in [2.75, 3.05) is 18.5 Å². The number of nitrogens with one attached hydrogen (secondary N) is 1. The molecular formula is C19H21N5O. The molecule has 0 amide bonds. The molecule has 3 aromatic rings. The van der Waals surface area contributed by atoms with Crippen LogP contribution >= 0.6 is 0 Å². The lowest BCUT2D eigenvalue weighted by Gasteiger charge is -2.17. The van der Waals surface area contributed by atoms with Crippen molar-refractivity contribution in [3.63, 3.8) is 0 Å². The molecule has 0 unspecified atom stereocenters. The van der Waals surface area contributed by atoms with Gasteiger partial charge in [-0.3, -0.25) is 0 Å². The van der Waals surface area contributed by atoms with Crippen LogP contribution in [0.25, 0.3) is 5.65 Å². The van der Waals surface area contributed by atoms with Crippen LogP contribution in [0, 0.1) is 0 Å². The Bertz CT molecular complexity index is 881. The molecule has 0 bridgehead atoms. The minimum absolute atomic E-state index is 0.0110. The highest BCUT2D eigenvalue weighted by Gasteiger charge is 2.43. The lowest BCUT2D eigenvalue weighted by molar-refractivity contribution is 0.103. The van der Waals surface area contributed by atoms with E-state index in [1.54, 1.807) is 0 Å². The Morgan fingerprint density at radius 1 is 1.12 bits per heavy atom. The van der Waals surface area contributed by atoms with Crippen LogP contribution in [0.1, 0.15) is 43.2 Å². The van der Waals surface area contributed by atoms with Crippen LogP contribution in [0.3, 0.4) is 0 Å². The molecule has 2 fully saturated rings. The van der Waals surface area contributed by atoms with Gasteiger partial charge in [0.25, 0.3) is 0 Å². The summed E-state index contributed by atoms with van der Waals surface area (Å²) in [5.74, 6) is 1.66. The topological polar surface area (TPSA) is 64.3 Å². The monoisotopic (exact) mass is 335 g/mol. The van der Waals surface area contributed by atoms with Crippen molar-refractivity contribution in [3.05, 3.63) is 53.9 Å². The van der Waals surface area contributed by atoms with Gasteiger partial charge < -0.3 is 10.1 Å². The number of hydrogen-bond acceptors (Lipinski definition) is 5. The van der Waals surface area contributed by atoms with Gasteiger partial charge in [0, 0.05) is 18.6 Å². The van der Waals surface area contributed by atoms with Gasteiger partial charge in [-0.1, -0.05) is 30.3 Å². The molecule has 1 N–H and O–H groups in total. The van der Waals surface area contributed by atoms with Crippen molar-refractivity contribution in [1.29, 1.82) is 0 Å². The van der Waals surface area contributed by atoms with E-state index in [9.17, 15) is 0 Å². The maximum Gasteiger partial charge on any atom is 0.183 e. The second-order valence-electron chi connectivity index (χ2n) is 7.05. The van der Waals surface area contributed by atoms with Gasteiger partial charge in [0.05, 0.1) is 0 Å². The third-order valence-corrected chi connectivity index (χ3v) is 5.35. The van der Waals surface area contributed by atoms with E-state index in [1.165, 1.54) is 18.4 Å². The quantitative estimate of drug-likeness (QED) is 0.776. The van der Waals surface area contributed by atoms with Crippen molar-refractivity contribution in [2.45, 2.75) is 37.2 Å². The van der Waals surface area contributed by atoms with E-state index >= 15 is 0 Å². The average Bonchev–Trinajstić information content (AvgIpc) is 3.06. The largest absolute Gasteiger partial charge is 0.370 e. The highest BCUT2D eigenvalue weighted by molar-refractivity contribution is 5.45. The highest BCUT2D eigenvalue weighted by Crippen LogP contribution is 2.48. The van der Waals surface area contributed by atoms with Crippen molar-refractivity contribution >= 4 is 11.5 Å². The fraction of sp³-hybridized carbons (Fsp3) is 0.421. The Hall–Kier alpha value is -2.47. The third kappa shape index (κ3) is 2.66. The standard InChI is InChI=1S/C19H21N5O/c1-2-5-14(6-3-1)19(10-11-19)13-20-16-8-9-17-21-22-18(24(17)23-16)15-7-4-12-25-15/h1-3,5-6,8-9,15H,4,7,10-13H2,(H,20,23)/t15-/m0/s1. The van der Waals surface area contributed by atoms with E-state index in [-0.39, 0.29) is 11.5 Å². The molecule has 1 aromatic carbocycles. The van der Waals surface area contributed by atoms with Crippen molar-refractivity contribution in [3.8, 4) is 0 Å². The Kier molecular flexibility index (Phi) is 3.45. The highest BCUT2D eigenvalue weighted by atomic mass is 16.5. The predicted molar refractivity (Wildman–Crippen MR) is 94.6 cm³/mol. The molecule has 6 nitrogen and oxygen atoms in total. The van der Waals surface area contributed by atoms with Gasteiger partial charge in [-0.2, -0.15) is 4.52 Å². The first-order valence-electron chi connectivity index (χ1n) is 8.97. The zero-order valence-electron chi connectivity index (χ0n) is 14.1. The molecule has 25 heavy (non-hydrogen) atoms. The summed E-state index contributed by atoms with van der Waals surface area (Å²) in [5.41, 5.74) is 2.43. The Morgan fingerprint density at radius 3 is 2.76 bits per heavy atom. The van der Waals surface area contributed by atoms with Crippen molar-refractivity contribution in [1.82, 2.24) is 19.8 Å². The minimum atomic E-state index is 0.0110. The van der Waals surface area contributed by atoms with E-state index in [0.29, 0.717) is 0 Å².